The Morgan fingerprint density at radius 3 is 2.21 bits per heavy atom. The van der Waals surface area contributed by atoms with Crippen LogP contribution in [0.3, 0.4) is 0 Å². The van der Waals surface area contributed by atoms with Crippen LogP contribution in [-0.2, 0) is 4.74 Å². The van der Waals surface area contributed by atoms with E-state index in [1.165, 1.54) is 6.08 Å². The number of hydrogen-bond donors (Lipinski definition) is 0. The molecule has 0 rings (SSSR count). The van der Waals surface area contributed by atoms with E-state index in [1.807, 2.05) is 0 Å². The van der Waals surface area contributed by atoms with Crippen LogP contribution in [0, 0.1) is 5.41 Å². The predicted octanol–water partition coefficient (Wildman–Crippen LogP) is 3.65. The van der Waals surface area contributed by atoms with Crippen molar-refractivity contribution in [3.05, 3.63) is 12.2 Å². The molecule has 0 amide bonds. The summed E-state index contributed by atoms with van der Waals surface area (Å²) in [6, 6.07) is 0. The number of allylic oxidation sites excluding steroid dienone is 2. The SMILES string of the molecule is COCC(C)(C)CCC=CC(C)(F)F. The van der Waals surface area contributed by atoms with Gasteiger partial charge in [-0.3, -0.25) is 0 Å². The van der Waals surface area contributed by atoms with Gasteiger partial charge in [0.05, 0.1) is 6.61 Å². The van der Waals surface area contributed by atoms with Crippen molar-refractivity contribution in [2.75, 3.05) is 13.7 Å². The highest BCUT2D eigenvalue weighted by molar-refractivity contribution is 4.92. The molecule has 0 N–H and O–H groups in total. The number of alkyl halides is 2. The van der Waals surface area contributed by atoms with E-state index in [4.69, 9.17) is 4.74 Å². The highest BCUT2D eigenvalue weighted by Crippen LogP contribution is 2.23. The van der Waals surface area contributed by atoms with Crippen molar-refractivity contribution < 1.29 is 13.5 Å². The van der Waals surface area contributed by atoms with E-state index in [-0.39, 0.29) is 5.41 Å². The second-order valence-electron chi connectivity index (χ2n) is 4.49. The summed E-state index contributed by atoms with van der Waals surface area (Å²) in [5, 5.41) is 0. The summed E-state index contributed by atoms with van der Waals surface area (Å²) in [4.78, 5) is 0. The molecule has 0 aliphatic carbocycles. The molecule has 0 heterocycles. The van der Waals surface area contributed by atoms with Crippen LogP contribution in [0.15, 0.2) is 12.2 Å². The largest absolute Gasteiger partial charge is 0.384 e. The Bertz CT molecular complexity index is 180. The first-order valence-corrected chi connectivity index (χ1v) is 4.81. The number of hydrogen-bond acceptors (Lipinski definition) is 1. The molecule has 3 heteroatoms. The van der Waals surface area contributed by atoms with Gasteiger partial charge in [0, 0.05) is 14.0 Å². The summed E-state index contributed by atoms with van der Waals surface area (Å²) >= 11 is 0. The second-order valence-corrected chi connectivity index (χ2v) is 4.49. The highest BCUT2D eigenvalue weighted by Gasteiger charge is 2.17. The van der Waals surface area contributed by atoms with Crippen LogP contribution in [0.1, 0.15) is 33.6 Å². The van der Waals surface area contributed by atoms with Gasteiger partial charge < -0.3 is 4.74 Å². The molecule has 0 atom stereocenters. The van der Waals surface area contributed by atoms with Gasteiger partial charge in [-0.25, -0.2) is 8.78 Å². The number of rotatable bonds is 6. The van der Waals surface area contributed by atoms with Gasteiger partial charge in [-0.1, -0.05) is 19.9 Å². The lowest BCUT2D eigenvalue weighted by atomic mass is 9.89. The minimum atomic E-state index is -2.69. The van der Waals surface area contributed by atoms with E-state index >= 15 is 0 Å². The minimum absolute atomic E-state index is 0.0577. The third-order valence-electron chi connectivity index (χ3n) is 1.93. The van der Waals surface area contributed by atoms with Crippen LogP contribution in [0.25, 0.3) is 0 Å². The fourth-order valence-electron chi connectivity index (χ4n) is 1.23. The Morgan fingerprint density at radius 1 is 1.21 bits per heavy atom. The average Bonchev–Trinajstić information content (AvgIpc) is 1.96. The van der Waals surface area contributed by atoms with Gasteiger partial charge in [0.15, 0.2) is 0 Å². The third kappa shape index (κ3) is 8.17. The zero-order valence-corrected chi connectivity index (χ0v) is 9.44. The van der Waals surface area contributed by atoms with Gasteiger partial charge in [0.25, 0.3) is 5.92 Å². The second kappa shape index (κ2) is 5.44. The Balaban J connectivity index is 3.79. The van der Waals surface area contributed by atoms with E-state index in [1.54, 1.807) is 7.11 Å². The topological polar surface area (TPSA) is 9.23 Å². The number of methoxy groups -OCH3 is 1. The van der Waals surface area contributed by atoms with Crippen LogP contribution in [0.2, 0.25) is 0 Å². The Labute approximate surface area is 85.1 Å². The molecule has 0 spiro atoms. The zero-order chi connectivity index (χ0) is 11.2. The van der Waals surface area contributed by atoms with Crippen LogP contribution >= 0.6 is 0 Å². The summed E-state index contributed by atoms with van der Waals surface area (Å²) < 4.78 is 29.8. The van der Waals surface area contributed by atoms with Crippen molar-refractivity contribution >= 4 is 0 Å². The molecule has 0 fully saturated rings. The summed E-state index contributed by atoms with van der Waals surface area (Å²) in [5.74, 6) is -2.69. The molecule has 0 aromatic rings. The molecular formula is C11H20F2O. The molecular weight excluding hydrogens is 186 g/mol. The van der Waals surface area contributed by atoms with Crippen LogP contribution in [-0.4, -0.2) is 19.6 Å². The lowest BCUT2D eigenvalue weighted by Gasteiger charge is -2.22. The fourth-order valence-corrected chi connectivity index (χ4v) is 1.23. The van der Waals surface area contributed by atoms with Gasteiger partial charge in [0.2, 0.25) is 0 Å². The highest BCUT2D eigenvalue weighted by atomic mass is 19.3. The predicted molar refractivity (Wildman–Crippen MR) is 54.7 cm³/mol. The van der Waals surface area contributed by atoms with Crippen LogP contribution in [0.4, 0.5) is 8.78 Å². The van der Waals surface area contributed by atoms with E-state index in [0.29, 0.717) is 13.0 Å². The van der Waals surface area contributed by atoms with Gasteiger partial charge in [-0.2, -0.15) is 0 Å². The van der Waals surface area contributed by atoms with Crippen molar-refractivity contribution in [3.63, 3.8) is 0 Å². The van der Waals surface area contributed by atoms with Gasteiger partial charge in [0.1, 0.15) is 0 Å². The lowest BCUT2D eigenvalue weighted by Crippen LogP contribution is -2.17. The van der Waals surface area contributed by atoms with Crippen molar-refractivity contribution in [1.29, 1.82) is 0 Å². The van der Waals surface area contributed by atoms with Crippen molar-refractivity contribution in [1.82, 2.24) is 0 Å². The normalized spacial score (nSPS) is 13.9. The lowest BCUT2D eigenvalue weighted by molar-refractivity contribution is 0.0765. The van der Waals surface area contributed by atoms with E-state index < -0.39 is 5.92 Å². The molecule has 0 saturated heterocycles. The van der Waals surface area contributed by atoms with Crippen LogP contribution < -0.4 is 0 Å². The molecule has 0 aromatic heterocycles. The Hall–Kier alpha value is -0.440. The van der Waals surface area contributed by atoms with Gasteiger partial charge in [-0.05, 0) is 24.3 Å². The standard InChI is InChI=1S/C11H20F2O/c1-10(2,9-14-4)7-5-6-8-11(3,12)13/h6,8H,5,7,9H2,1-4H3. The molecule has 0 bridgehead atoms. The Morgan fingerprint density at radius 2 is 1.79 bits per heavy atom. The first-order valence-electron chi connectivity index (χ1n) is 4.81. The Kier molecular flexibility index (Phi) is 5.27. The number of halogens is 2. The fraction of sp³-hybridized carbons (Fsp3) is 0.818. The number of ether oxygens (including phenoxy) is 1. The summed E-state index contributed by atoms with van der Waals surface area (Å²) in [6.07, 6.45) is 4.01. The van der Waals surface area contributed by atoms with E-state index in [0.717, 1.165) is 19.4 Å². The molecule has 0 saturated carbocycles. The molecule has 0 unspecified atom stereocenters. The molecule has 0 aromatic carbocycles. The maximum absolute atomic E-state index is 12.4. The molecule has 1 nitrogen and oxygen atoms in total. The smallest absolute Gasteiger partial charge is 0.263 e. The maximum Gasteiger partial charge on any atom is 0.263 e. The van der Waals surface area contributed by atoms with Crippen molar-refractivity contribution in [2.24, 2.45) is 5.41 Å². The maximum atomic E-state index is 12.4. The minimum Gasteiger partial charge on any atom is -0.384 e. The molecule has 0 aliphatic heterocycles. The molecule has 14 heavy (non-hydrogen) atoms. The molecule has 84 valence electrons. The molecule has 0 radical (unpaired) electrons. The average molecular weight is 206 g/mol. The summed E-state index contributed by atoms with van der Waals surface area (Å²) in [7, 11) is 1.65. The molecule has 0 aliphatic rings. The van der Waals surface area contributed by atoms with E-state index in [9.17, 15) is 8.78 Å². The third-order valence-corrected chi connectivity index (χ3v) is 1.93. The zero-order valence-electron chi connectivity index (χ0n) is 9.44. The van der Waals surface area contributed by atoms with Crippen LogP contribution in [0.5, 0.6) is 0 Å². The first-order chi connectivity index (χ1) is 6.27. The monoisotopic (exact) mass is 206 g/mol. The van der Waals surface area contributed by atoms with Gasteiger partial charge >= 0.3 is 0 Å². The first kappa shape index (κ1) is 13.6. The quantitative estimate of drug-likeness (QED) is 0.603. The van der Waals surface area contributed by atoms with E-state index in [2.05, 4.69) is 13.8 Å². The van der Waals surface area contributed by atoms with Crippen molar-refractivity contribution in [3.8, 4) is 0 Å². The summed E-state index contributed by atoms with van der Waals surface area (Å²) in [5.41, 5.74) is 0.0577. The summed E-state index contributed by atoms with van der Waals surface area (Å²) in [6.45, 7) is 5.68. The van der Waals surface area contributed by atoms with Crippen molar-refractivity contribution in [2.45, 2.75) is 39.5 Å². The van der Waals surface area contributed by atoms with Gasteiger partial charge in [-0.15, -0.1) is 0 Å².